The van der Waals surface area contributed by atoms with Gasteiger partial charge < -0.3 is 15.1 Å². The Bertz CT molecular complexity index is 612. The number of carbonyl (C=O) groups is 1. The molecule has 0 unspecified atom stereocenters. The molecule has 1 aromatic rings. The normalized spacial score (nSPS) is 14.9. The number of amides is 1. The van der Waals surface area contributed by atoms with Crippen LogP contribution >= 0.6 is 35.6 Å². The van der Waals surface area contributed by atoms with Gasteiger partial charge in [-0.25, -0.2) is 0 Å². The zero-order valence-corrected chi connectivity index (χ0v) is 16.8. The number of nitrogens with zero attached hydrogens (tertiary/aromatic N) is 3. The van der Waals surface area contributed by atoms with E-state index < -0.39 is 0 Å². The first-order valence-electron chi connectivity index (χ1n) is 7.55. The molecule has 0 spiro atoms. The number of nitrogens with one attached hydrogen (secondary N) is 1. The summed E-state index contributed by atoms with van der Waals surface area (Å²) in [4.78, 5) is 20.4. The van der Waals surface area contributed by atoms with Crippen LogP contribution in [0.15, 0.2) is 29.3 Å². The van der Waals surface area contributed by atoms with Gasteiger partial charge in [-0.3, -0.25) is 9.79 Å². The van der Waals surface area contributed by atoms with Gasteiger partial charge in [0.2, 0.25) is 5.91 Å². The van der Waals surface area contributed by atoms with E-state index in [1.165, 1.54) is 0 Å². The molecule has 1 saturated heterocycles. The Balaban J connectivity index is 0.00000288. The van der Waals surface area contributed by atoms with E-state index in [0.717, 1.165) is 18.1 Å². The fourth-order valence-corrected chi connectivity index (χ4v) is 2.57. The third-order valence-electron chi connectivity index (χ3n) is 3.67. The summed E-state index contributed by atoms with van der Waals surface area (Å²) in [7, 11) is 1.71. The highest BCUT2D eigenvalue weighted by Crippen LogP contribution is 2.13. The van der Waals surface area contributed by atoms with Crippen LogP contribution in [0, 0.1) is 12.3 Å². The number of carbonyl (C=O) groups excluding carboxylic acids is 1. The van der Waals surface area contributed by atoms with Gasteiger partial charge >= 0.3 is 0 Å². The number of hydrogen-bond donors (Lipinski definition) is 1. The van der Waals surface area contributed by atoms with E-state index in [1.54, 1.807) is 7.05 Å². The molecule has 0 bridgehead atoms. The van der Waals surface area contributed by atoms with Crippen LogP contribution in [0.5, 0.6) is 0 Å². The van der Waals surface area contributed by atoms with Crippen LogP contribution in [0.3, 0.4) is 0 Å². The lowest BCUT2D eigenvalue weighted by Gasteiger charge is -2.36. The van der Waals surface area contributed by atoms with E-state index >= 15 is 0 Å². The average molecular weight is 461 g/mol. The first kappa shape index (κ1) is 20.6. The molecule has 24 heavy (non-hydrogen) atoms. The fourth-order valence-electron chi connectivity index (χ4n) is 2.45. The van der Waals surface area contributed by atoms with Crippen molar-refractivity contribution in [2.75, 3.05) is 33.2 Å². The molecule has 1 heterocycles. The van der Waals surface area contributed by atoms with Gasteiger partial charge in [0, 0.05) is 44.7 Å². The summed E-state index contributed by atoms with van der Waals surface area (Å²) in [6, 6.07) is 7.58. The van der Waals surface area contributed by atoms with E-state index in [0.29, 0.717) is 37.6 Å². The number of rotatable bonds is 4. The summed E-state index contributed by atoms with van der Waals surface area (Å²) < 4.78 is 0. The predicted molar refractivity (Wildman–Crippen MR) is 109 cm³/mol. The number of piperazine rings is 1. The monoisotopic (exact) mass is 460 g/mol. The third kappa shape index (κ3) is 5.87. The van der Waals surface area contributed by atoms with E-state index in [1.807, 2.05) is 34.1 Å². The molecule has 1 N–H and O–H groups in total. The highest BCUT2D eigenvalue weighted by molar-refractivity contribution is 14.0. The summed E-state index contributed by atoms with van der Waals surface area (Å²) in [6.07, 6.45) is 5.87. The Morgan fingerprint density at radius 3 is 2.67 bits per heavy atom. The van der Waals surface area contributed by atoms with Crippen LogP contribution in [0.25, 0.3) is 0 Å². The third-order valence-corrected chi connectivity index (χ3v) is 3.92. The first-order valence-corrected chi connectivity index (χ1v) is 7.93. The second kappa shape index (κ2) is 10.4. The SMILES string of the molecule is C#CCCNC(=NC)N1CCN(Cc2ccc(Cl)cc2)C(=O)C1.I. The predicted octanol–water partition coefficient (Wildman–Crippen LogP) is 2.20. The summed E-state index contributed by atoms with van der Waals surface area (Å²) in [6.45, 7) is 2.99. The molecule has 7 heteroatoms. The highest BCUT2D eigenvalue weighted by Gasteiger charge is 2.25. The molecule has 1 fully saturated rings. The summed E-state index contributed by atoms with van der Waals surface area (Å²) in [5, 5.41) is 3.88. The van der Waals surface area contributed by atoms with Crippen molar-refractivity contribution in [2.24, 2.45) is 4.99 Å². The van der Waals surface area contributed by atoms with Gasteiger partial charge in [0.15, 0.2) is 5.96 Å². The molecule has 1 aliphatic rings. The molecule has 1 amide bonds. The molecule has 0 radical (unpaired) electrons. The van der Waals surface area contributed by atoms with Crippen LogP contribution in [-0.4, -0.2) is 54.9 Å². The molecule has 0 atom stereocenters. The number of guanidine groups is 1. The minimum atomic E-state index is 0. The Hall–Kier alpha value is -1.46. The molecule has 1 aliphatic heterocycles. The van der Waals surface area contributed by atoms with Crippen molar-refractivity contribution in [1.29, 1.82) is 0 Å². The molecule has 0 aliphatic carbocycles. The van der Waals surface area contributed by atoms with Gasteiger partial charge in [0.25, 0.3) is 0 Å². The van der Waals surface area contributed by atoms with Crippen LogP contribution in [0.2, 0.25) is 5.02 Å². The van der Waals surface area contributed by atoms with Crippen molar-refractivity contribution < 1.29 is 4.79 Å². The zero-order chi connectivity index (χ0) is 16.7. The molecule has 130 valence electrons. The number of benzene rings is 1. The van der Waals surface area contributed by atoms with Gasteiger partial charge in [-0.2, -0.15) is 0 Å². The topological polar surface area (TPSA) is 47.9 Å². The molecule has 0 saturated carbocycles. The quantitative estimate of drug-likeness (QED) is 0.246. The van der Waals surface area contributed by atoms with Crippen molar-refractivity contribution >= 4 is 47.4 Å². The maximum atomic E-state index is 12.4. The van der Waals surface area contributed by atoms with E-state index in [9.17, 15) is 4.79 Å². The van der Waals surface area contributed by atoms with Crippen LogP contribution in [-0.2, 0) is 11.3 Å². The van der Waals surface area contributed by atoms with Crippen molar-refractivity contribution in [3.05, 3.63) is 34.9 Å². The first-order chi connectivity index (χ1) is 11.1. The zero-order valence-electron chi connectivity index (χ0n) is 13.7. The Morgan fingerprint density at radius 2 is 2.08 bits per heavy atom. The maximum Gasteiger partial charge on any atom is 0.242 e. The Morgan fingerprint density at radius 1 is 1.38 bits per heavy atom. The summed E-state index contributed by atoms with van der Waals surface area (Å²) >= 11 is 5.89. The lowest BCUT2D eigenvalue weighted by atomic mass is 10.2. The minimum Gasteiger partial charge on any atom is -0.355 e. The molecule has 1 aromatic carbocycles. The van der Waals surface area contributed by atoms with Crippen molar-refractivity contribution in [3.63, 3.8) is 0 Å². The average Bonchev–Trinajstić information content (AvgIpc) is 2.56. The van der Waals surface area contributed by atoms with Gasteiger partial charge in [-0.05, 0) is 17.7 Å². The summed E-state index contributed by atoms with van der Waals surface area (Å²) in [5.41, 5.74) is 1.08. The van der Waals surface area contributed by atoms with Crippen LogP contribution in [0.1, 0.15) is 12.0 Å². The minimum absolute atomic E-state index is 0. The Kier molecular flexibility index (Phi) is 8.93. The van der Waals surface area contributed by atoms with Gasteiger partial charge in [0.1, 0.15) is 0 Å². The lowest BCUT2D eigenvalue weighted by molar-refractivity contribution is -0.135. The number of terminal acetylenes is 1. The van der Waals surface area contributed by atoms with Crippen LogP contribution in [0.4, 0.5) is 0 Å². The largest absolute Gasteiger partial charge is 0.355 e. The van der Waals surface area contributed by atoms with Crippen molar-refractivity contribution in [2.45, 2.75) is 13.0 Å². The standard InChI is InChI=1S/C17H21ClN4O.HI/c1-3-4-9-20-17(19-2)22-11-10-21(16(23)13-22)12-14-5-7-15(18)8-6-14;/h1,5-8H,4,9-13H2,2H3,(H,19,20);1H. The summed E-state index contributed by atoms with van der Waals surface area (Å²) in [5.74, 6) is 3.39. The molecule has 5 nitrogen and oxygen atoms in total. The molecule has 0 aromatic heterocycles. The van der Waals surface area contributed by atoms with Gasteiger partial charge in [-0.15, -0.1) is 36.3 Å². The van der Waals surface area contributed by atoms with E-state index in [4.69, 9.17) is 18.0 Å². The van der Waals surface area contributed by atoms with Crippen molar-refractivity contribution in [3.8, 4) is 12.3 Å². The molecular formula is C17H22ClIN4O. The second-order valence-electron chi connectivity index (χ2n) is 5.29. The smallest absolute Gasteiger partial charge is 0.242 e. The van der Waals surface area contributed by atoms with Crippen molar-refractivity contribution in [1.82, 2.24) is 15.1 Å². The van der Waals surface area contributed by atoms with Gasteiger partial charge in [-0.1, -0.05) is 23.7 Å². The lowest BCUT2D eigenvalue weighted by Crippen LogP contribution is -2.55. The highest BCUT2D eigenvalue weighted by atomic mass is 127. The second-order valence-corrected chi connectivity index (χ2v) is 5.73. The van der Waals surface area contributed by atoms with Crippen LogP contribution < -0.4 is 5.32 Å². The number of halogens is 2. The molecular weight excluding hydrogens is 439 g/mol. The molecule has 2 rings (SSSR count). The van der Waals surface area contributed by atoms with Gasteiger partial charge in [0.05, 0.1) is 6.54 Å². The maximum absolute atomic E-state index is 12.4. The Labute approximate surface area is 165 Å². The van der Waals surface area contributed by atoms with E-state index in [2.05, 4.69) is 16.2 Å². The van der Waals surface area contributed by atoms with E-state index in [-0.39, 0.29) is 29.9 Å². The fraction of sp³-hybridized carbons (Fsp3) is 0.412. The number of hydrogen-bond acceptors (Lipinski definition) is 2. The number of aliphatic imine (C=N–C) groups is 1.